The molecule has 0 aromatic heterocycles. The Balaban J connectivity index is 1.65. The highest BCUT2D eigenvalue weighted by Crippen LogP contribution is 2.18. The van der Waals surface area contributed by atoms with Gasteiger partial charge < -0.3 is 0 Å². The van der Waals surface area contributed by atoms with Crippen LogP contribution in [0.3, 0.4) is 0 Å². The predicted molar refractivity (Wildman–Crippen MR) is 230 cm³/mol. The van der Waals surface area contributed by atoms with Crippen LogP contribution in [-0.2, 0) is 16.5 Å². The largest absolute Gasteiger partial charge is 0.294 e. The molecule has 0 radical (unpaired) electrons. The summed E-state index contributed by atoms with van der Waals surface area (Å²) in [4.78, 5) is -0.0202. The smallest absolute Gasteiger partial charge is 0.282 e. The van der Waals surface area contributed by atoms with E-state index in [-0.39, 0.29) is 4.90 Å². The number of aryl methyl sites for hydroxylation is 1. The average Bonchev–Trinajstić information content (AvgIpc) is 3.14. The fraction of sp³-hybridized carbons (Fsp3) is 0.875. The SMILES string of the molecule is CCCCCCCCCCCCCCCCCCCCCCCCCCCCCCCCCCCCCCCCCCc1ccc(S(=O)(=O)O)cc1. The first-order valence-electron chi connectivity index (χ1n) is 23.6. The van der Waals surface area contributed by atoms with Gasteiger partial charge in [-0.15, -0.1) is 0 Å². The molecule has 0 saturated heterocycles. The van der Waals surface area contributed by atoms with Gasteiger partial charge in [-0.1, -0.05) is 269 Å². The van der Waals surface area contributed by atoms with Crippen molar-refractivity contribution in [1.82, 2.24) is 0 Å². The third-order valence-electron chi connectivity index (χ3n) is 11.5. The van der Waals surface area contributed by atoms with E-state index in [1.165, 1.54) is 263 Å². The molecule has 0 spiro atoms. The van der Waals surface area contributed by atoms with Gasteiger partial charge in [-0.05, 0) is 30.5 Å². The van der Waals surface area contributed by atoms with Gasteiger partial charge in [0.05, 0.1) is 4.90 Å². The molecule has 0 aliphatic heterocycles. The molecule has 4 heteroatoms. The lowest BCUT2D eigenvalue weighted by Gasteiger charge is -2.05. The number of hydrogen-bond donors (Lipinski definition) is 1. The van der Waals surface area contributed by atoms with Crippen LogP contribution in [0.4, 0.5) is 0 Å². The van der Waals surface area contributed by atoms with E-state index in [4.69, 9.17) is 4.55 Å². The van der Waals surface area contributed by atoms with Crippen molar-refractivity contribution >= 4 is 10.1 Å². The van der Waals surface area contributed by atoms with E-state index in [1.54, 1.807) is 0 Å². The van der Waals surface area contributed by atoms with Crippen LogP contribution in [0.25, 0.3) is 0 Å². The third kappa shape index (κ3) is 34.9. The molecule has 1 aromatic rings. The Morgan fingerprint density at radius 2 is 0.519 bits per heavy atom. The number of unbranched alkanes of at least 4 members (excludes halogenated alkanes) is 39. The molecule has 0 aliphatic rings. The second-order valence-corrected chi connectivity index (χ2v) is 18.1. The minimum atomic E-state index is -4.08. The summed E-state index contributed by atoms with van der Waals surface area (Å²) < 4.78 is 31.3. The van der Waals surface area contributed by atoms with Crippen LogP contribution in [0.15, 0.2) is 29.2 Å². The van der Waals surface area contributed by atoms with Crippen molar-refractivity contribution in [2.24, 2.45) is 0 Å². The molecule has 0 fully saturated rings. The first-order valence-corrected chi connectivity index (χ1v) is 25.0. The molecule has 1 N–H and O–H groups in total. The van der Waals surface area contributed by atoms with Crippen LogP contribution >= 0.6 is 0 Å². The van der Waals surface area contributed by atoms with Crippen LogP contribution < -0.4 is 0 Å². The van der Waals surface area contributed by atoms with E-state index in [9.17, 15) is 8.42 Å². The highest BCUT2D eigenvalue weighted by atomic mass is 32.2. The first kappa shape index (κ1) is 49.1. The summed E-state index contributed by atoms with van der Waals surface area (Å²) in [5.41, 5.74) is 1.14. The number of rotatable bonds is 42. The lowest BCUT2D eigenvalue weighted by atomic mass is 10.0. The molecule has 1 rings (SSSR count). The summed E-state index contributed by atoms with van der Waals surface area (Å²) in [6.07, 6.45) is 58.5. The maximum atomic E-state index is 11.1. The second-order valence-electron chi connectivity index (χ2n) is 16.7. The van der Waals surface area contributed by atoms with Crippen molar-refractivity contribution in [3.8, 4) is 0 Å². The molecular formula is C48H90O3S. The van der Waals surface area contributed by atoms with Gasteiger partial charge in [-0.25, -0.2) is 0 Å². The van der Waals surface area contributed by atoms with E-state index in [0.717, 1.165) is 18.4 Å². The summed E-state index contributed by atoms with van der Waals surface area (Å²) in [7, 11) is -4.08. The fourth-order valence-electron chi connectivity index (χ4n) is 7.95. The van der Waals surface area contributed by atoms with Gasteiger partial charge in [0.1, 0.15) is 0 Å². The zero-order chi connectivity index (χ0) is 37.5. The van der Waals surface area contributed by atoms with Gasteiger partial charge in [-0.2, -0.15) is 8.42 Å². The molecule has 0 atom stereocenters. The Bertz CT molecular complexity index is 941. The predicted octanol–water partition coefficient (Wildman–Crippen LogP) is 17.1. The lowest BCUT2D eigenvalue weighted by molar-refractivity contribution is 0.483. The van der Waals surface area contributed by atoms with Gasteiger partial charge in [0.25, 0.3) is 10.1 Å². The van der Waals surface area contributed by atoms with Crippen LogP contribution in [0.2, 0.25) is 0 Å². The highest BCUT2D eigenvalue weighted by molar-refractivity contribution is 7.85. The molecule has 52 heavy (non-hydrogen) atoms. The summed E-state index contributed by atoms with van der Waals surface area (Å²) in [6, 6.07) is 6.62. The Labute approximate surface area is 326 Å². The normalized spacial score (nSPS) is 11.9. The van der Waals surface area contributed by atoms with Crippen molar-refractivity contribution in [1.29, 1.82) is 0 Å². The molecule has 1 aromatic carbocycles. The van der Waals surface area contributed by atoms with Gasteiger partial charge in [0.2, 0.25) is 0 Å². The second kappa shape index (κ2) is 38.4. The number of benzene rings is 1. The average molecular weight is 747 g/mol. The molecule has 0 heterocycles. The van der Waals surface area contributed by atoms with Gasteiger partial charge in [0, 0.05) is 0 Å². The summed E-state index contributed by atoms with van der Waals surface area (Å²) in [6.45, 7) is 2.31. The number of hydrogen-bond acceptors (Lipinski definition) is 2. The van der Waals surface area contributed by atoms with E-state index < -0.39 is 10.1 Å². The summed E-state index contributed by atoms with van der Waals surface area (Å²) >= 11 is 0. The van der Waals surface area contributed by atoms with E-state index in [2.05, 4.69) is 6.92 Å². The minimum Gasteiger partial charge on any atom is -0.282 e. The Morgan fingerprint density at radius 3 is 0.712 bits per heavy atom. The van der Waals surface area contributed by atoms with Crippen LogP contribution in [0.1, 0.15) is 269 Å². The quantitative estimate of drug-likeness (QED) is 0.0535. The standard InChI is InChI=1S/C48H90O3S/c1-2-3-4-5-6-7-8-9-10-11-12-13-14-15-16-17-18-19-20-21-22-23-24-25-26-27-28-29-30-31-32-33-34-35-36-37-38-39-40-41-42-47-43-45-48(46-44-47)52(49,50)51/h43-46H,2-42H2,1H3,(H,49,50,51). The molecule has 0 aliphatic carbocycles. The minimum absolute atomic E-state index is 0.0202. The molecule has 0 unspecified atom stereocenters. The van der Waals surface area contributed by atoms with Crippen molar-refractivity contribution in [3.63, 3.8) is 0 Å². The molecule has 3 nitrogen and oxygen atoms in total. The summed E-state index contributed by atoms with van der Waals surface area (Å²) in [5, 5.41) is 0. The van der Waals surface area contributed by atoms with Crippen LogP contribution in [-0.4, -0.2) is 13.0 Å². The van der Waals surface area contributed by atoms with Gasteiger partial charge in [-0.3, -0.25) is 4.55 Å². The van der Waals surface area contributed by atoms with Crippen molar-refractivity contribution < 1.29 is 13.0 Å². The Kier molecular flexibility index (Phi) is 36.3. The summed E-state index contributed by atoms with van der Waals surface area (Å²) in [5.74, 6) is 0. The van der Waals surface area contributed by atoms with Gasteiger partial charge in [0.15, 0.2) is 0 Å². The monoisotopic (exact) mass is 747 g/mol. The van der Waals surface area contributed by atoms with Crippen molar-refractivity contribution in [2.75, 3.05) is 0 Å². The molecular weight excluding hydrogens is 657 g/mol. The Morgan fingerprint density at radius 1 is 0.327 bits per heavy atom. The van der Waals surface area contributed by atoms with Crippen LogP contribution in [0.5, 0.6) is 0 Å². The van der Waals surface area contributed by atoms with Crippen LogP contribution in [0, 0.1) is 0 Å². The van der Waals surface area contributed by atoms with E-state index >= 15 is 0 Å². The van der Waals surface area contributed by atoms with Crippen molar-refractivity contribution in [2.45, 2.75) is 275 Å². The molecule has 306 valence electrons. The maximum Gasteiger partial charge on any atom is 0.294 e. The fourth-order valence-corrected chi connectivity index (χ4v) is 8.43. The van der Waals surface area contributed by atoms with Gasteiger partial charge >= 0.3 is 0 Å². The molecule has 0 saturated carbocycles. The van der Waals surface area contributed by atoms with E-state index in [1.807, 2.05) is 12.1 Å². The maximum absolute atomic E-state index is 11.1. The molecule has 0 amide bonds. The zero-order valence-corrected chi connectivity index (χ0v) is 35.8. The lowest BCUT2D eigenvalue weighted by Crippen LogP contribution is -1.98. The van der Waals surface area contributed by atoms with Crippen molar-refractivity contribution in [3.05, 3.63) is 29.8 Å². The zero-order valence-electron chi connectivity index (χ0n) is 35.0. The first-order chi connectivity index (χ1) is 25.5. The topological polar surface area (TPSA) is 54.4 Å². The Hall–Kier alpha value is -0.870. The van der Waals surface area contributed by atoms with E-state index in [0.29, 0.717) is 0 Å². The highest BCUT2D eigenvalue weighted by Gasteiger charge is 2.08. The third-order valence-corrected chi connectivity index (χ3v) is 12.4. The molecule has 0 bridgehead atoms.